The molecule has 0 aromatic heterocycles. The van der Waals surface area contributed by atoms with E-state index in [9.17, 15) is 4.79 Å². The standard InChI is InChI=1S/C14H22N2OS/c1-16(2)14(17)11-12-5-7-13(8-6-12)15-9-4-10-18-3/h5-8,15H,4,9-11H2,1-3H3. The van der Waals surface area contributed by atoms with Crippen LogP contribution in [0.4, 0.5) is 5.69 Å². The number of thioether (sulfide) groups is 1. The lowest BCUT2D eigenvalue weighted by Crippen LogP contribution is -2.23. The Labute approximate surface area is 114 Å². The van der Waals surface area contributed by atoms with Gasteiger partial charge >= 0.3 is 0 Å². The minimum atomic E-state index is 0.135. The number of amides is 1. The molecule has 100 valence electrons. The maximum Gasteiger partial charge on any atom is 0.226 e. The highest BCUT2D eigenvalue weighted by molar-refractivity contribution is 7.98. The number of nitrogens with zero attached hydrogens (tertiary/aromatic N) is 1. The Hall–Kier alpha value is -1.16. The van der Waals surface area contributed by atoms with Gasteiger partial charge in [0.05, 0.1) is 6.42 Å². The first-order valence-corrected chi connectivity index (χ1v) is 7.54. The fourth-order valence-corrected chi connectivity index (χ4v) is 1.96. The number of benzene rings is 1. The van der Waals surface area contributed by atoms with E-state index in [1.54, 1.807) is 19.0 Å². The number of likely N-dealkylation sites (N-methyl/N-ethyl adjacent to an activating group) is 1. The Morgan fingerprint density at radius 3 is 2.50 bits per heavy atom. The van der Waals surface area contributed by atoms with Gasteiger partial charge in [-0.3, -0.25) is 4.79 Å². The molecular formula is C14H22N2OS. The third kappa shape index (κ3) is 5.45. The van der Waals surface area contributed by atoms with Crippen LogP contribution >= 0.6 is 11.8 Å². The van der Waals surface area contributed by atoms with Crippen LogP contribution in [-0.2, 0) is 11.2 Å². The molecule has 1 aromatic carbocycles. The Morgan fingerprint density at radius 2 is 1.94 bits per heavy atom. The minimum absolute atomic E-state index is 0.135. The lowest BCUT2D eigenvalue weighted by molar-refractivity contribution is -0.127. The van der Waals surface area contributed by atoms with Gasteiger partial charge in [-0.25, -0.2) is 0 Å². The van der Waals surface area contributed by atoms with E-state index in [4.69, 9.17) is 0 Å². The van der Waals surface area contributed by atoms with Crippen molar-refractivity contribution < 1.29 is 4.79 Å². The number of rotatable bonds is 7. The van der Waals surface area contributed by atoms with Crippen LogP contribution in [0.5, 0.6) is 0 Å². The molecule has 1 aromatic rings. The number of carbonyl (C=O) groups is 1. The molecule has 0 unspecified atom stereocenters. The van der Waals surface area contributed by atoms with Gasteiger partial charge in [0.25, 0.3) is 0 Å². The molecule has 0 saturated heterocycles. The second-order valence-electron chi connectivity index (χ2n) is 4.43. The molecule has 0 radical (unpaired) electrons. The zero-order valence-corrected chi connectivity index (χ0v) is 12.2. The smallest absolute Gasteiger partial charge is 0.226 e. The quantitative estimate of drug-likeness (QED) is 0.770. The van der Waals surface area contributed by atoms with Gasteiger partial charge in [-0.2, -0.15) is 11.8 Å². The summed E-state index contributed by atoms with van der Waals surface area (Å²) >= 11 is 1.87. The summed E-state index contributed by atoms with van der Waals surface area (Å²) < 4.78 is 0. The summed E-state index contributed by atoms with van der Waals surface area (Å²) in [6.45, 7) is 0.997. The second-order valence-corrected chi connectivity index (χ2v) is 5.42. The highest BCUT2D eigenvalue weighted by Crippen LogP contribution is 2.11. The Morgan fingerprint density at radius 1 is 1.28 bits per heavy atom. The van der Waals surface area contributed by atoms with E-state index in [1.807, 2.05) is 36.0 Å². The fourth-order valence-electron chi connectivity index (χ4n) is 1.52. The van der Waals surface area contributed by atoms with Crippen LogP contribution in [0, 0.1) is 0 Å². The van der Waals surface area contributed by atoms with Gasteiger partial charge in [-0.05, 0) is 36.1 Å². The van der Waals surface area contributed by atoms with Crippen molar-refractivity contribution in [3.8, 4) is 0 Å². The van der Waals surface area contributed by atoms with Crippen molar-refractivity contribution in [2.45, 2.75) is 12.8 Å². The molecule has 0 fully saturated rings. The van der Waals surface area contributed by atoms with Crippen molar-refractivity contribution >= 4 is 23.4 Å². The minimum Gasteiger partial charge on any atom is -0.385 e. The van der Waals surface area contributed by atoms with Gasteiger partial charge in [0.15, 0.2) is 0 Å². The zero-order chi connectivity index (χ0) is 13.4. The molecule has 18 heavy (non-hydrogen) atoms. The van der Waals surface area contributed by atoms with Crippen LogP contribution in [0.25, 0.3) is 0 Å². The van der Waals surface area contributed by atoms with Crippen LogP contribution in [0.1, 0.15) is 12.0 Å². The van der Waals surface area contributed by atoms with E-state index in [1.165, 1.54) is 12.2 Å². The molecule has 0 saturated carbocycles. The molecule has 1 N–H and O–H groups in total. The average Bonchev–Trinajstić information content (AvgIpc) is 2.36. The SMILES string of the molecule is CSCCCNc1ccc(CC(=O)N(C)C)cc1. The van der Waals surface area contributed by atoms with Gasteiger partial charge in [0.1, 0.15) is 0 Å². The molecule has 4 heteroatoms. The van der Waals surface area contributed by atoms with Crippen LogP contribution in [0.2, 0.25) is 0 Å². The summed E-state index contributed by atoms with van der Waals surface area (Å²) in [5, 5.41) is 3.37. The number of carbonyl (C=O) groups excluding carboxylic acids is 1. The fraction of sp³-hybridized carbons (Fsp3) is 0.500. The Kier molecular flexibility index (Phi) is 6.65. The van der Waals surface area contributed by atoms with E-state index in [2.05, 4.69) is 11.6 Å². The first-order chi connectivity index (χ1) is 8.63. The van der Waals surface area contributed by atoms with Gasteiger partial charge in [-0.1, -0.05) is 12.1 Å². The van der Waals surface area contributed by atoms with Crippen LogP contribution < -0.4 is 5.32 Å². The number of anilines is 1. The molecule has 0 aliphatic rings. The third-order valence-corrected chi connectivity index (χ3v) is 3.36. The number of hydrogen-bond acceptors (Lipinski definition) is 3. The van der Waals surface area contributed by atoms with E-state index >= 15 is 0 Å². The maximum absolute atomic E-state index is 11.5. The summed E-state index contributed by atoms with van der Waals surface area (Å²) in [6, 6.07) is 8.10. The van der Waals surface area contributed by atoms with E-state index in [0.717, 1.165) is 17.8 Å². The Balaban J connectivity index is 2.40. The first kappa shape index (κ1) is 14.9. The lowest BCUT2D eigenvalue weighted by atomic mass is 10.1. The van der Waals surface area contributed by atoms with E-state index in [0.29, 0.717) is 6.42 Å². The zero-order valence-electron chi connectivity index (χ0n) is 11.4. The van der Waals surface area contributed by atoms with E-state index in [-0.39, 0.29) is 5.91 Å². The summed E-state index contributed by atoms with van der Waals surface area (Å²) in [7, 11) is 3.56. The van der Waals surface area contributed by atoms with Gasteiger partial charge in [0, 0.05) is 26.3 Å². The Bertz CT molecular complexity index is 363. The summed E-state index contributed by atoms with van der Waals surface area (Å²) in [6.07, 6.45) is 3.76. The van der Waals surface area contributed by atoms with Crippen molar-refractivity contribution in [1.82, 2.24) is 4.90 Å². The predicted molar refractivity (Wildman–Crippen MR) is 80.3 cm³/mol. The first-order valence-electron chi connectivity index (χ1n) is 6.15. The van der Waals surface area contributed by atoms with Crippen molar-refractivity contribution in [3.05, 3.63) is 29.8 Å². The maximum atomic E-state index is 11.5. The van der Waals surface area contributed by atoms with Crippen LogP contribution in [-0.4, -0.2) is 43.5 Å². The van der Waals surface area contributed by atoms with Crippen molar-refractivity contribution in [2.24, 2.45) is 0 Å². The molecule has 1 amide bonds. The van der Waals surface area contributed by atoms with Gasteiger partial charge in [0.2, 0.25) is 5.91 Å². The summed E-state index contributed by atoms with van der Waals surface area (Å²) in [5.41, 5.74) is 2.18. The average molecular weight is 266 g/mol. The summed E-state index contributed by atoms with van der Waals surface area (Å²) in [5.74, 6) is 1.32. The lowest BCUT2D eigenvalue weighted by Gasteiger charge is -2.11. The molecule has 0 heterocycles. The van der Waals surface area contributed by atoms with Crippen molar-refractivity contribution in [2.75, 3.05) is 38.0 Å². The molecule has 0 aliphatic heterocycles. The highest BCUT2D eigenvalue weighted by Gasteiger charge is 2.04. The van der Waals surface area contributed by atoms with Crippen LogP contribution in [0.15, 0.2) is 24.3 Å². The molecule has 3 nitrogen and oxygen atoms in total. The number of hydrogen-bond donors (Lipinski definition) is 1. The van der Waals surface area contributed by atoms with Gasteiger partial charge in [-0.15, -0.1) is 0 Å². The molecule has 0 spiro atoms. The molecule has 0 bridgehead atoms. The normalized spacial score (nSPS) is 10.2. The largest absolute Gasteiger partial charge is 0.385 e. The molecular weight excluding hydrogens is 244 g/mol. The van der Waals surface area contributed by atoms with E-state index < -0.39 is 0 Å². The highest BCUT2D eigenvalue weighted by atomic mass is 32.2. The van der Waals surface area contributed by atoms with Crippen LogP contribution in [0.3, 0.4) is 0 Å². The van der Waals surface area contributed by atoms with Gasteiger partial charge < -0.3 is 10.2 Å². The predicted octanol–water partition coefficient (Wildman–Crippen LogP) is 2.48. The third-order valence-electron chi connectivity index (χ3n) is 2.66. The van der Waals surface area contributed by atoms with Crippen molar-refractivity contribution in [3.63, 3.8) is 0 Å². The van der Waals surface area contributed by atoms with Crippen molar-refractivity contribution in [1.29, 1.82) is 0 Å². The molecule has 0 atom stereocenters. The monoisotopic (exact) mass is 266 g/mol. The summed E-state index contributed by atoms with van der Waals surface area (Å²) in [4.78, 5) is 13.2. The number of nitrogens with one attached hydrogen (secondary N) is 1. The topological polar surface area (TPSA) is 32.3 Å². The molecule has 0 aliphatic carbocycles. The molecule has 1 rings (SSSR count). The second kappa shape index (κ2) is 8.03.